The number of rotatable bonds is 7. The smallest absolute Gasteiger partial charge is 0.323 e. The van der Waals surface area contributed by atoms with Crippen LogP contribution in [0.1, 0.15) is 83.6 Å². The lowest BCUT2D eigenvalue weighted by Gasteiger charge is -2.47. The molecule has 1 aromatic carbocycles. The standard InChI is InChI=1S/C24H38N2O4/c1-14(2)9-17-13-26-8-7-16-10-21(28-5)22(29-6)11-18(16)19(26)12-20(17)30-24(27)23(25)15(3)4/h10-11,14-15,17,19-20,23H,7-9,12-13,25H2,1-6H3/t17?,19?,20?,23-/m0/s1/i3D3,4D3,5D3,6D3,7D2,8D2,15D,20D,23D. The SMILES string of the molecule is [2H]C([2H])([2H])Oc1cc2c(cc1OC([2H])([2H])[2H])C([2H])([2H])C([2H])([2H])N1CC(CC(C)C)C([2H])(OC(=O)[C@@]([2H])(N)C([2H])(C([2H])([2H])[2H])C([2H])([2H])[2H])CC21. The maximum absolute atomic E-state index is 13.6. The minimum Gasteiger partial charge on any atom is -0.493 e. The second kappa shape index (κ2) is 9.56. The molecule has 6 heteroatoms. The number of esters is 1. The Bertz CT molecular complexity index is 1400. The van der Waals surface area contributed by atoms with Gasteiger partial charge in [0.1, 0.15) is 12.1 Å². The van der Waals surface area contributed by atoms with Gasteiger partial charge in [0.15, 0.2) is 11.5 Å². The van der Waals surface area contributed by atoms with Crippen molar-refractivity contribution in [2.75, 3.05) is 27.1 Å². The summed E-state index contributed by atoms with van der Waals surface area (Å²) in [6, 6.07) is -3.58. The van der Waals surface area contributed by atoms with Crippen molar-refractivity contribution in [3.05, 3.63) is 23.3 Å². The Kier molecular flexibility index (Phi) is 2.75. The van der Waals surface area contributed by atoms with Crippen molar-refractivity contribution in [1.82, 2.24) is 4.90 Å². The molecule has 1 fully saturated rings. The monoisotopic (exact) mass is 437 g/mol. The van der Waals surface area contributed by atoms with Crippen LogP contribution in [0.2, 0.25) is 0 Å². The number of fused-ring (bicyclic) bond motifs is 3. The predicted molar refractivity (Wildman–Crippen MR) is 118 cm³/mol. The number of carbonyl (C=O) groups is 1. The highest BCUT2D eigenvalue weighted by atomic mass is 16.5. The third-order valence-electron chi connectivity index (χ3n) is 5.14. The summed E-state index contributed by atoms with van der Waals surface area (Å²) in [4.78, 5) is 14.6. The van der Waals surface area contributed by atoms with Gasteiger partial charge in [0, 0.05) is 46.5 Å². The molecule has 2 aliphatic heterocycles. The third-order valence-corrected chi connectivity index (χ3v) is 5.14. The molecule has 30 heavy (non-hydrogen) atoms. The second-order valence-electron chi connectivity index (χ2n) is 7.67. The number of hydrogen-bond donors (Lipinski definition) is 1. The van der Waals surface area contributed by atoms with Gasteiger partial charge in [0.2, 0.25) is 0 Å². The van der Waals surface area contributed by atoms with Crippen LogP contribution in [-0.4, -0.2) is 50.1 Å². The molecule has 6 nitrogen and oxygen atoms in total. The molecule has 0 saturated carbocycles. The van der Waals surface area contributed by atoms with E-state index < -0.39 is 107 Å². The predicted octanol–water partition coefficient (Wildman–Crippen LogP) is 3.56. The lowest BCUT2D eigenvalue weighted by molar-refractivity contribution is -0.160. The average molecular weight is 438 g/mol. The Hall–Kier alpha value is -1.79. The maximum Gasteiger partial charge on any atom is 0.323 e. The lowest BCUT2D eigenvalue weighted by atomic mass is 9.79. The van der Waals surface area contributed by atoms with Gasteiger partial charge < -0.3 is 19.9 Å². The Balaban J connectivity index is 2.27. The molecule has 168 valence electrons. The van der Waals surface area contributed by atoms with Gasteiger partial charge in [0.05, 0.1) is 25.0 Å². The first-order chi connectivity index (χ1) is 21.5. The molecule has 2 N–H and O–H groups in total. The van der Waals surface area contributed by atoms with Gasteiger partial charge in [-0.2, -0.15) is 0 Å². The zero-order valence-corrected chi connectivity index (χ0v) is 16.7. The maximum atomic E-state index is 13.6. The Morgan fingerprint density at radius 1 is 1.37 bits per heavy atom. The molecule has 2 heterocycles. The van der Waals surface area contributed by atoms with E-state index in [1.165, 1.54) is 0 Å². The summed E-state index contributed by atoms with van der Waals surface area (Å²) < 4.78 is 168. The molecular formula is C24H38N2O4. The Morgan fingerprint density at radius 3 is 2.77 bits per heavy atom. The molecule has 0 radical (unpaired) electrons. The van der Waals surface area contributed by atoms with Gasteiger partial charge in [-0.3, -0.25) is 9.69 Å². The molecule has 0 spiro atoms. The lowest BCUT2D eigenvalue weighted by Crippen LogP contribution is -2.51. The normalized spacial score (nSPS) is 43.1. The Morgan fingerprint density at radius 2 is 2.10 bits per heavy atom. The van der Waals surface area contributed by atoms with E-state index in [0.29, 0.717) is 0 Å². The molecule has 0 bridgehead atoms. The average Bonchev–Trinajstić information content (AvgIpc) is 2.85. The summed E-state index contributed by atoms with van der Waals surface area (Å²) in [6.07, 6.45) is -6.24. The minimum atomic E-state index is -3.94. The van der Waals surface area contributed by atoms with Crippen LogP contribution in [0, 0.1) is 17.7 Å². The quantitative estimate of drug-likeness (QED) is 0.658. The fourth-order valence-corrected chi connectivity index (χ4v) is 3.76. The summed E-state index contributed by atoms with van der Waals surface area (Å²) in [6.45, 7) is -7.69. The van der Waals surface area contributed by atoms with Crippen molar-refractivity contribution in [1.29, 1.82) is 0 Å². The Labute approximate surface area is 207 Å². The van der Waals surface area contributed by atoms with Crippen LogP contribution in [0.5, 0.6) is 11.5 Å². The van der Waals surface area contributed by atoms with Crippen LogP contribution in [0.4, 0.5) is 0 Å². The molecular weight excluding hydrogens is 380 g/mol. The zero-order valence-electron chi connectivity index (χ0n) is 35.7. The molecule has 4 atom stereocenters. The van der Waals surface area contributed by atoms with Crippen molar-refractivity contribution in [2.24, 2.45) is 23.5 Å². The molecule has 3 unspecified atom stereocenters. The highest BCUT2D eigenvalue weighted by Crippen LogP contribution is 2.44. The van der Waals surface area contributed by atoms with Gasteiger partial charge in [-0.15, -0.1) is 0 Å². The van der Waals surface area contributed by atoms with Crippen LogP contribution in [0.15, 0.2) is 12.1 Å². The molecule has 0 aromatic heterocycles. The van der Waals surface area contributed by atoms with E-state index in [-0.39, 0.29) is 17.9 Å². The number of piperidine rings is 1. The summed E-state index contributed by atoms with van der Waals surface area (Å²) in [5.74, 6) is -8.93. The van der Waals surface area contributed by atoms with Crippen molar-refractivity contribution in [3.63, 3.8) is 0 Å². The largest absolute Gasteiger partial charge is 0.493 e. The number of aryl methyl sites for hydroxylation is 1. The van der Waals surface area contributed by atoms with Gasteiger partial charge in [-0.1, -0.05) is 27.6 Å². The fraction of sp³-hybridized carbons (Fsp3) is 0.708. The van der Waals surface area contributed by atoms with E-state index in [2.05, 4.69) is 0 Å². The van der Waals surface area contributed by atoms with Crippen molar-refractivity contribution in [3.8, 4) is 11.5 Å². The van der Waals surface area contributed by atoms with Gasteiger partial charge in [0.25, 0.3) is 0 Å². The number of methoxy groups -OCH3 is 2. The molecule has 1 saturated heterocycles. The highest BCUT2D eigenvalue weighted by Gasteiger charge is 2.41. The number of hydrogen-bond acceptors (Lipinski definition) is 6. The fourth-order valence-electron chi connectivity index (χ4n) is 3.76. The molecule has 2 aliphatic rings. The highest BCUT2D eigenvalue weighted by molar-refractivity contribution is 5.76. The van der Waals surface area contributed by atoms with E-state index in [4.69, 9.17) is 44.6 Å². The van der Waals surface area contributed by atoms with Crippen LogP contribution in [0.3, 0.4) is 0 Å². The van der Waals surface area contributed by atoms with Gasteiger partial charge in [-0.25, -0.2) is 0 Å². The summed E-state index contributed by atoms with van der Waals surface area (Å²) in [7, 11) is -6.37. The van der Waals surface area contributed by atoms with E-state index >= 15 is 0 Å². The summed E-state index contributed by atoms with van der Waals surface area (Å²) >= 11 is 0. The van der Waals surface area contributed by atoms with Crippen molar-refractivity contribution in [2.45, 2.75) is 64.9 Å². The first-order valence-electron chi connectivity index (χ1n) is 18.9. The first-order valence-corrected chi connectivity index (χ1v) is 9.39. The van der Waals surface area contributed by atoms with Gasteiger partial charge >= 0.3 is 5.97 Å². The first kappa shape index (κ1) is 8.62. The second-order valence-corrected chi connectivity index (χ2v) is 7.67. The topological polar surface area (TPSA) is 74.0 Å². The van der Waals surface area contributed by atoms with Crippen LogP contribution < -0.4 is 15.2 Å². The molecule has 0 amide bonds. The molecule has 3 rings (SSSR count). The van der Waals surface area contributed by atoms with Crippen molar-refractivity contribution >= 4 is 5.97 Å². The van der Waals surface area contributed by atoms with Crippen LogP contribution >= 0.6 is 0 Å². The third kappa shape index (κ3) is 4.75. The summed E-state index contributed by atoms with van der Waals surface area (Å²) in [5.41, 5.74) is 4.99. The number of carbonyl (C=O) groups excluding carboxylic acids is 1. The van der Waals surface area contributed by atoms with E-state index in [1.807, 2.05) is 0 Å². The minimum absolute atomic E-state index is 0.00480. The number of nitrogens with zero attached hydrogens (tertiary/aromatic N) is 1. The van der Waals surface area contributed by atoms with Crippen molar-refractivity contribution < 1.29 is 45.0 Å². The molecule has 1 aromatic rings. The van der Waals surface area contributed by atoms with E-state index in [1.54, 1.807) is 13.8 Å². The van der Waals surface area contributed by atoms with E-state index in [9.17, 15) is 6.17 Å². The number of ether oxygens (including phenoxy) is 3. The van der Waals surface area contributed by atoms with Crippen LogP contribution in [-0.2, 0) is 15.9 Å². The van der Waals surface area contributed by atoms with Gasteiger partial charge in [-0.05, 0) is 47.9 Å². The summed E-state index contributed by atoms with van der Waals surface area (Å²) in [5, 5.41) is 0. The number of nitrogens with two attached hydrogens (primary N) is 1. The number of benzene rings is 1. The molecule has 0 aliphatic carbocycles. The van der Waals surface area contributed by atoms with Crippen LogP contribution in [0.25, 0.3) is 0 Å². The van der Waals surface area contributed by atoms with E-state index in [0.717, 1.165) is 17.0 Å². The zero-order chi connectivity index (χ0) is 38.4.